The average Bonchev–Trinajstić information content (AvgIpc) is 2.44. The lowest BCUT2D eigenvalue weighted by Gasteiger charge is -2.19. The Balaban J connectivity index is 2.56. The number of benzene rings is 1. The minimum atomic E-state index is 0.538. The third-order valence-electron chi connectivity index (χ3n) is 3.27. The highest BCUT2D eigenvalue weighted by molar-refractivity contribution is 7.99. The molecule has 0 saturated heterocycles. The fraction of sp³-hybridized carbons (Fsp3) is 0.625. The van der Waals surface area contributed by atoms with E-state index in [0.29, 0.717) is 6.04 Å². The van der Waals surface area contributed by atoms with Crippen LogP contribution in [0.1, 0.15) is 32.8 Å². The number of likely N-dealkylation sites (N-methyl/N-ethyl adjacent to an activating group) is 1. The van der Waals surface area contributed by atoms with Crippen molar-refractivity contribution in [3.8, 4) is 5.75 Å². The molecule has 0 fully saturated rings. The smallest absolute Gasteiger partial charge is 0.119 e. The first-order valence-electron chi connectivity index (χ1n) is 7.17. The van der Waals surface area contributed by atoms with E-state index >= 15 is 0 Å². The van der Waals surface area contributed by atoms with Crippen LogP contribution in [0, 0.1) is 0 Å². The van der Waals surface area contributed by atoms with Crippen LogP contribution in [0.25, 0.3) is 0 Å². The molecule has 0 bridgehead atoms. The second kappa shape index (κ2) is 9.27. The summed E-state index contributed by atoms with van der Waals surface area (Å²) in [6.45, 7) is 7.75. The van der Waals surface area contributed by atoms with Gasteiger partial charge in [0, 0.05) is 17.0 Å². The monoisotopic (exact) mass is 281 g/mol. The van der Waals surface area contributed by atoms with Crippen molar-refractivity contribution in [1.82, 2.24) is 5.32 Å². The summed E-state index contributed by atoms with van der Waals surface area (Å²) in [5.41, 5.74) is 1.34. The van der Waals surface area contributed by atoms with Crippen molar-refractivity contribution in [2.75, 3.05) is 19.4 Å². The Hall–Kier alpha value is -0.670. The van der Waals surface area contributed by atoms with Crippen LogP contribution in [-0.2, 0) is 6.42 Å². The van der Waals surface area contributed by atoms with Gasteiger partial charge in [-0.2, -0.15) is 11.8 Å². The van der Waals surface area contributed by atoms with Gasteiger partial charge in [-0.15, -0.1) is 0 Å². The van der Waals surface area contributed by atoms with Crippen molar-refractivity contribution in [3.63, 3.8) is 0 Å². The van der Waals surface area contributed by atoms with E-state index < -0.39 is 0 Å². The Morgan fingerprint density at radius 2 is 2.11 bits per heavy atom. The number of nitrogens with one attached hydrogen (secondary N) is 1. The molecule has 0 aliphatic heterocycles. The Labute approximate surface area is 122 Å². The van der Waals surface area contributed by atoms with Crippen molar-refractivity contribution in [1.29, 1.82) is 0 Å². The van der Waals surface area contributed by atoms with Gasteiger partial charge in [0.15, 0.2) is 0 Å². The van der Waals surface area contributed by atoms with E-state index in [-0.39, 0.29) is 0 Å². The molecular weight excluding hydrogens is 254 g/mol. The van der Waals surface area contributed by atoms with Gasteiger partial charge in [0.05, 0.1) is 7.11 Å². The molecule has 0 heterocycles. The number of rotatable bonds is 9. The molecule has 2 atom stereocenters. The highest BCUT2D eigenvalue weighted by Gasteiger charge is 2.11. The number of methoxy groups -OCH3 is 1. The maximum Gasteiger partial charge on any atom is 0.119 e. The maximum absolute atomic E-state index is 5.29. The van der Waals surface area contributed by atoms with E-state index in [9.17, 15) is 0 Å². The minimum Gasteiger partial charge on any atom is -0.497 e. The molecule has 0 amide bonds. The van der Waals surface area contributed by atoms with Gasteiger partial charge in [-0.05, 0) is 37.1 Å². The van der Waals surface area contributed by atoms with Crippen LogP contribution in [0.15, 0.2) is 24.3 Å². The summed E-state index contributed by atoms with van der Waals surface area (Å²) >= 11 is 2.06. The largest absolute Gasteiger partial charge is 0.497 e. The van der Waals surface area contributed by atoms with Crippen molar-refractivity contribution < 1.29 is 4.74 Å². The highest BCUT2D eigenvalue weighted by atomic mass is 32.2. The van der Waals surface area contributed by atoms with Gasteiger partial charge in [-0.25, -0.2) is 0 Å². The van der Waals surface area contributed by atoms with Crippen LogP contribution in [0.4, 0.5) is 0 Å². The SMILES string of the molecule is CCNC(CSC(C)CC)Cc1cccc(OC)c1. The fourth-order valence-corrected chi connectivity index (χ4v) is 2.99. The van der Waals surface area contributed by atoms with Crippen molar-refractivity contribution in [2.45, 2.75) is 44.9 Å². The standard InChI is InChI=1S/C16H27NOS/c1-5-13(3)19-12-15(17-6-2)10-14-8-7-9-16(11-14)18-4/h7-9,11,13,15,17H,5-6,10,12H2,1-4H3. The molecule has 0 aromatic heterocycles. The van der Waals surface area contributed by atoms with Crippen LogP contribution < -0.4 is 10.1 Å². The Bertz CT molecular complexity index is 356. The summed E-state index contributed by atoms with van der Waals surface area (Å²) < 4.78 is 5.29. The molecule has 1 aromatic rings. The number of thioether (sulfide) groups is 1. The van der Waals surface area contributed by atoms with E-state index in [1.807, 2.05) is 6.07 Å². The summed E-state index contributed by atoms with van der Waals surface area (Å²) in [6, 6.07) is 8.92. The predicted octanol–water partition coefficient (Wildman–Crippen LogP) is 3.75. The number of hydrogen-bond donors (Lipinski definition) is 1. The summed E-state index contributed by atoms with van der Waals surface area (Å²) in [5.74, 6) is 2.11. The van der Waals surface area contributed by atoms with E-state index in [0.717, 1.165) is 24.0 Å². The molecule has 1 rings (SSSR count). The van der Waals surface area contributed by atoms with Crippen molar-refractivity contribution in [3.05, 3.63) is 29.8 Å². The quantitative estimate of drug-likeness (QED) is 0.745. The van der Waals surface area contributed by atoms with E-state index in [2.05, 4.69) is 56.0 Å². The molecule has 0 aliphatic carbocycles. The maximum atomic E-state index is 5.29. The zero-order valence-electron chi connectivity index (χ0n) is 12.6. The molecule has 1 aromatic carbocycles. The second-order valence-corrected chi connectivity index (χ2v) is 6.33. The lowest BCUT2D eigenvalue weighted by Crippen LogP contribution is -2.33. The summed E-state index contributed by atoms with van der Waals surface area (Å²) in [6.07, 6.45) is 2.30. The first-order chi connectivity index (χ1) is 9.19. The first-order valence-corrected chi connectivity index (χ1v) is 8.22. The van der Waals surface area contributed by atoms with Gasteiger partial charge in [-0.1, -0.05) is 32.9 Å². The van der Waals surface area contributed by atoms with Gasteiger partial charge >= 0.3 is 0 Å². The molecule has 2 unspecified atom stereocenters. The molecule has 2 nitrogen and oxygen atoms in total. The molecule has 0 saturated carbocycles. The Morgan fingerprint density at radius 1 is 1.32 bits per heavy atom. The van der Waals surface area contributed by atoms with Crippen LogP contribution in [0.3, 0.4) is 0 Å². The predicted molar refractivity (Wildman–Crippen MR) is 86.4 cm³/mol. The molecule has 19 heavy (non-hydrogen) atoms. The zero-order chi connectivity index (χ0) is 14.1. The second-order valence-electron chi connectivity index (χ2n) is 4.86. The van der Waals surface area contributed by atoms with E-state index in [1.54, 1.807) is 7.11 Å². The minimum absolute atomic E-state index is 0.538. The molecule has 108 valence electrons. The fourth-order valence-electron chi connectivity index (χ4n) is 1.96. The molecular formula is C16H27NOS. The van der Waals surface area contributed by atoms with Gasteiger partial charge in [0.1, 0.15) is 5.75 Å². The normalized spacial score (nSPS) is 14.1. The third-order valence-corrected chi connectivity index (χ3v) is 4.76. The van der Waals surface area contributed by atoms with Crippen LogP contribution >= 0.6 is 11.8 Å². The van der Waals surface area contributed by atoms with Crippen LogP contribution in [-0.4, -0.2) is 30.7 Å². The molecule has 3 heteroatoms. The lowest BCUT2D eigenvalue weighted by molar-refractivity contribution is 0.414. The molecule has 0 aliphatic rings. The van der Waals surface area contributed by atoms with Gasteiger partial charge < -0.3 is 10.1 Å². The van der Waals surface area contributed by atoms with Crippen LogP contribution in [0.5, 0.6) is 5.75 Å². The van der Waals surface area contributed by atoms with Gasteiger partial charge in [0.25, 0.3) is 0 Å². The van der Waals surface area contributed by atoms with Gasteiger partial charge in [-0.3, -0.25) is 0 Å². The van der Waals surface area contributed by atoms with Gasteiger partial charge in [0.2, 0.25) is 0 Å². The number of ether oxygens (including phenoxy) is 1. The molecule has 0 radical (unpaired) electrons. The Kier molecular flexibility index (Phi) is 7.99. The summed E-state index contributed by atoms with van der Waals surface area (Å²) in [7, 11) is 1.72. The highest BCUT2D eigenvalue weighted by Crippen LogP contribution is 2.18. The molecule has 0 spiro atoms. The zero-order valence-corrected chi connectivity index (χ0v) is 13.4. The topological polar surface area (TPSA) is 21.3 Å². The van der Waals surface area contributed by atoms with E-state index in [4.69, 9.17) is 4.74 Å². The average molecular weight is 281 g/mol. The lowest BCUT2D eigenvalue weighted by atomic mass is 10.1. The van der Waals surface area contributed by atoms with Crippen LogP contribution in [0.2, 0.25) is 0 Å². The van der Waals surface area contributed by atoms with Crippen molar-refractivity contribution >= 4 is 11.8 Å². The summed E-state index contributed by atoms with van der Waals surface area (Å²) in [4.78, 5) is 0. The molecule has 1 N–H and O–H groups in total. The van der Waals surface area contributed by atoms with Crippen molar-refractivity contribution in [2.24, 2.45) is 0 Å². The van der Waals surface area contributed by atoms with E-state index in [1.165, 1.54) is 17.7 Å². The summed E-state index contributed by atoms with van der Waals surface area (Å²) in [5, 5.41) is 4.33. The first kappa shape index (κ1) is 16.4. The third kappa shape index (κ3) is 6.35. The number of hydrogen-bond acceptors (Lipinski definition) is 3. The Morgan fingerprint density at radius 3 is 2.74 bits per heavy atom.